The molecule has 218 valence electrons. The normalized spacial score (nSPS) is 23.2. The van der Waals surface area contributed by atoms with Gasteiger partial charge < -0.3 is 24.5 Å². The second-order valence-corrected chi connectivity index (χ2v) is 17.3. The van der Waals surface area contributed by atoms with Gasteiger partial charge in [-0.15, -0.1) is 0 Å². The molecule has 2 aromatic rings. The van der Waals surface area contributed by atoms with Crippen molar-refractivity contribution in [2.24, 2.45) is 0 Å². The van der Waals surface area contributed by atoms with Crippen LogP contribution in [-0.2, 0) is 26.0 Å². The number of ether oxygens (including phenoxy) is 1. The zero-order valence-corrected chi connectivity index (χ0v) is 25.8. The quantitative estimate of drug-likeness (QED) is 0.464. The lowest BCUT2D eigenvalue weighted by Crippen LogP contribution is -2.57. The number of hydrogen-bond acceptors (Lipinski definition) is 6. The molecule has 2 heterocycles. The average molecular weight is 572 g/mol. The van der Waals surface area contributed by atoms with Gasteiger partial charge in [-0.3, -0.25) is 14.5 Å². The Kier molecular flexibility index (Phi) is 8.21. The fraction of sp³-hybridized carbons (Fsp3) is 0.533. The number of fused-ring (bicyclic) bond motifs is 1. The summed E-state index contributed by atoms with van der Waals surface area (Å²) in [4.78, 5) is 30.7. The number of rotatable bonds is 8. The molecule has 2 amide bonds. The number of amides is 2. The molecule has 0 radical (unpaired) electrons. The van der Waals surface area contributed by atoms with Crippen molar-refractivity contribution in [1.82, 2.24) is 9.80 Å². The van der Waals surface area contributed by atoms with Gasteiger partial charge in [0.15, 0.2) is 13.9 Å². The summed E-state index contributed by atoms with van der Waals surface area (Å²) in [5, 5.41) is 13.8. The van der Waals surface area contributed by atoms with E-state index in [1.54, 1.807) is 25.1 Å². The number of halogens is 1. The van der Waals surface area contributed by atoms with Gasteiger partial charge in [-0.05, 0) is 66.9 Å². The molecule has 1 unspecified atom stereocenters. The van der Waals surface area contributed by atoms with Crippen molar-refractivity contribution in [3.8, 4) is 5.75 Å². The van der Waals surface area contributed by atoms with E-state index in [4.69, 9.17) is 9.16 Å². The summed E-state index contributed by atoms with van der Waals surface area (Å²) in [6, 6.07) is 8.99. The van der Waals surface area contributed by atoms with Crippen LogP contribution < -0.4 is 10.1 Å². The van der Waals surface area contributed by atoms with Crippen LogP contribution in [0.5, 0.6) is 5.75 Å². The summed E-state index contributed by atoms with van der Waals surface area (Å²) in [6.07, 6.45) is -0.0952. The lowest BCUT2D eigenvalue weighted by Gasteiger charge is -2.41. The van der Waals surface area contributed by atoms with Crippen molar-refractivity contribution in [2.75, 3.05) is 39.7 Å². The Morgan fingerprint density at radius 3 is 2.52 bits per heavy atom. The summed E-state index contributed by atoms with van der Waals surface area (Å²) in [6.45, 7) is 11.6. The number of anilines is 1. The van der Waals surface area contributed by atoms with Gasteiger partial charge in [-0.25, -0.2) is 4.39 Å². The summed E-state index contributed by atoms with van der Waals surface area (Å²) >= 11 is 0. The molecule has 8 nitrogen and oxygen atoms in total. The number of methoxy groups -OCH3 is 1. The number of nitrogens with zero attached hydrogens (tertiary/aromatic N) is 2. The maximum absolute atomic E-state index is 14.8. The molecule has 10 heteroatoms. The van der Waals surface area contributed by atoms with Crippen molar-refractivity contribution in [3.05, 3.63) is 58.9 Å². The highest BCUT2D eigenvalue weighted by molar-refractivity contribution is 6.74. The molecule has 0 saturated carbocycles. The third kappa shape index (κ3) is 5.18. The van der Waals surface area contributed by atoms with Gasteiger partial charge in [0.1, 0.15) is 11.6 Å². The van der Waals surface area contributed by atoms with Crippen LogP contribution in [0.1, 0.15) is 43.9 Å². The largest absolute Gasteiger partial charge is 0.496 e. The van der Waals surface area contributed by atoms with Gasteiger partial charge >= 0.3 is 0 Å². The van der Waals surface area contributed by atoms with Crippen molar-refractivity contribution in [2.45, 2.75) is 69.4 Å². The number of β-amino-alcohol motifs (C(OH)–C–C–N with tert-alkyl or cyclic N) is 1. The van der Waals surface area contributed by atoms with E-state index in [0.717, 1.165) is 5.56 Å². The first-order valence-electron chi connectivity index (χ1n) is 13.7. The van der Waals surface area contributed by atoms with E-state index in [9.17, 15) is 19.1 Å². The van der Waals surface area contributed by atoms with E-state index in [1.807, 2.05) is 12.1 Å². The minimum absolute atomic E-state index is 0.0511. The number of aliphatic hydroxyl groups is 1. The third-order valence-corrected chi connectivity index (χ3v) is 13.2. The van der Waals surface area contributed by atoms with Gasteiger partial charge in [-0.1, -0.05) is 26.8 Å². The van der Waals surface area contributed by atoms with E-state index in [1.165, 1.54) is 30.2 Å². The Morgan fingerprint density at radius 1 is 1.20 bits per heavy atom. The van der Waals surface area contributed by atoms with Crippen LogP contribution in [-0.4, -0.2) is 81.5 Å². The number of likely N-dealkylation sites (tertiary alicyclic amines) is 1. The first-order chi connectivity index (χ1) is 18.6. The van der Waals surface area contributed by atoms with E-state index in [-0.39, 0.29) is 23.9 Å². The summed E-state index contributed by atoms with van der Waals surface area (Å²) in [7, 11) is 2.84. The number of likely N-dealkylation sites (N-methyl/N-ethyl adjacent to an activating group) is 1. The van der Waals surface area contributed by atoms with E-state index >= 15 is 0 Å². The molecule has 4 rings (SSSR count). The van der Waals surface area contributed by atoms with E-state index in [2.05, 4.69) is 39.2 Å². The van der Waals surface area contributed by atoms with E-state index < -0.39 is 37.7 Å². The Labute approximate surface area is 237 Å². The first kappa shape index (κ1) is 30.2. The van der Waals surface area contributed by atoms with Crippen LogP contribution >= 0.6 is 0 Å². The molecule has 2 aliphatic heterocycles. The predicted octanol–water partition coefficient (Wildman–Crippen LogP) is 4.12. The van der Waals surface area contributed by atoms with Crippen LogP contribution in [0.2, 0.25) is 18.1 Å². The van der Waals surface area contributed by atoms with Crippen LogP contribution in [0.3, 0.4) is 0 Å². The smallest absolute Gasteiger partial charge is 0.254 e. The Bertz CT molecular complexity index is 1290. The molecule has 0 bridgehead atoms. The summed E-state index contributed by atoms with van der Waals surface area (Å²) in [5.41, 5.74) is 0.648. The number of hydrogen-bond donors (Lipinski definition) is 2. The van der Waals surface area contributed by atoms with Crippen LogP contribution in [0.25, 0.3) is 0 Å². The highest BCUT2D eigenvalue weighted by atomic mass is 28.4. The molecule has 2 aromatic carbocycles. The molecule has 0 aromatic heterocycles. The fourth-order valence-electron chi connectivity index (χ4n) is 5.52. The standard InChI is InChI=1S/C30H42FN3O5Si/c1-29(2,3)40(7,8)39-14-13-19-9-12-26(38-6)23(15-19)30(22-16-20(31)10-11-24(22)32-28(30)37)34-18-21(35)17-25(34)27(36)33(4)5/h9-12,15-16,21,25,35H,13-14,17-18H2,1-8H3,(H,32,37)/t21-,25+,30?/m1/s1. The number of carbonyl (C=O) groups excluding carboxylic acids is 2. The monoisotopic (exact) mass is 571 g/mol. The Morgan fingerprint density at radius 2 is 1.90 bits per heavy atom. The molecular weight excluding hydrogens is 529 g/mol. The predicted molar refractivity (Wildman–Crippen MR) is 155 cm³/mol. The van der Waals surface area contributed by atoms with Crippen molar-refractivity contribution >= 4 is 25.8 Å². The fourth-order valence-corrected chi connectivity index (χ4v) is 6.56. The molecule has 1 saturated heterocycles. The molecular formula is C30H42FN3O5Si. The van der Waals surface area contributed by atoms with Crippen LogP contribution in [0.15, 0.2) is 36.4 Å². The zero-order valence-electron chi connectivity index (χ0n) is 24.8. The lowest BCUT2D eigenvalue weighted by molar-refractivity contribution is -0.138. The highest BCUT2D eigenvalue weighted by Crippen LogP contribution is 2.51. The van der Waals surface area contributed by atoms with Crippen molar-refractivity contribution < 1.29 is 28.2 Å². The van der Waals surface area contributed by atoms with Gasteiger partial charge in [0.2, 0.25) is 5.91 Å². The minimum atomic E-state index is -1.97. The number of aliphatic hydroxyl groups excluding tert-OH is 1. The van der Waals surface area contributed by atoms with Gasteiger partial charge in [0, 0.05) is 44.1 Å². The molecule has 3 atom stereocenters. The number of carbonyl (C=O) groups is 2. The topological polar surface area (TPSA) is 91.3 Å². The maximum Gasteiger partial charge on any atom is 0.254 e. The van der Waals surface area contributed by atoms with Gasteiger partial charge in [0.05, 0.1) is 19.3 Å². The van der Waals surface area contributed by atoms with Gasteiger partial charge in [-0.2, -0.15) is 0 Å². The number of nitrogens with one attached hydrogen (secondary N) is 1. The molecule has 0 aliphatic carbocycles. The van der Waals surface area contributed by atoms with Gasteiger partial charge in [0.25, 0.3) is 5.91 Å². The zero-order chi connectivity index (χ0) is 29.6. The number of benzene rings is 2. The van der Waals surface area contributed by atoms with Crippen LogP contribution in [0.4, 0.5) is 10.1 Å². The maximum atomic E-state index is 14.8. The van der Waals surface area contributed by atoms with Crippen LogP contribution in [0, 0.1) is 5.82 Å². The molecule has 2 aliphatic rings. The second kappa shape index (κ2) is 10.9. The molecule has 0 spiro atoms. The lowest BCUT2D eigenvalue weighted by atomic mass is 9.80. The molecule has 2 N–H and O–H groups in total. The molecule has 40 heavy (non-hydrogen) atoms. The third-order valence-electron chi connectivity index (χ3n) is 8.70. The van der Waals surface area contributed by atoms with Crippen molar-refractivity contribution in [3.63, 3.8) is 0 Å². The van der Waals surface area contributed by atoms with Crippen molar-refractivity contribution in [1.29, 1.82) is 0 Å². The Hall–Kier alpha value is -2.79. The first-order valence-corrected chi connectivity index (χ1v) is 16.6. The second-order valence-electron chi connectivity index (χ2n) is 12.5. The summed E-state index contributed by atoms with van der Waals surface area (Å²) in [5.74, 6) is -0.746. The van der Waals surface area contributed by atoms with E-state index in [0.29, 0.717) is 35.6 Å². The molecule has 1 fully saturated rings. The SMILES string of the molecule is COc1ccc(CCO[Si](C)(C)C(C)(C)C)cc1C1(N2C[C@H](O)C[C@H]2C(=O)N(C)C)C(=O)Nc2ccc(F)cc21. The average Bonchev–Trinajstić information content (AvgIpc) is 3.39. The minimum Gasteiger partial charge on any atom is -0.496 e. The summed E-state index contributed by atoms with van der Waals surface area (Å²) < 4.78 is 27.0. The Balaban J connectivity index is 1.87. The highest BCUT2D eigenvalue weighted by Gasteiger charge is 2.59.